The average molecular weight is 340 g/mol. The molecule has 5 nitrogen and oxygen atoms in total. The Hall–Kier alpha value is -2.56. The van der Waals surface area contributed by atoms with E-state index in [9.17, 15) is 14.7 Å². The molecule has 0 radical (unpaired) electrons. The van der Waals surface area contributed by atoms with E-state index in [1.54, 1.807) is 0 Å². The second-order valence-corrected chi connectivity index (χ2v) is 7.75. The van der Waals surface area contributed by atoms with Crippen molar-refractivity contribution in [1.29, 1.82) is 0 Å². The molecule has 0 amide bonds. The van der Waals surface area contributed by atoms with Gasteiger partial charge in [0.2, 0.25) is 0 Å². The number of rotatable bonds is 1. The van der Waals surface area contributed by atoms with E-state index >= 15 is 0 Å². The van der Waals surface area contributed by atoms with Gasteiger partial charge in [0.25, 0.3) is 0 Å². The minimum absolute atomic E-state index is 0.277. The Labute approximate surface area is 144 Å². The lowest BCUT2D eigenvalue weighted by atomic mass is 9.84. The molecule has 1 aliphatic carbocycles. The minimum Gasteiger partial charge on any atom is -0.477 e. The summed E-state index contributed by atoms with van der Waals surface area (Å²) in [5.74, 6) is -0.306. The Bertz CT molecular complexity index is 1080. The van der Waals surface area contributed by atoms with Crippen molar-refractivity contribution in [2.24, 2.45) is 0 Å². The van der Waals surface area contributed by atoms with Crippen LogP contribution in [0.15, 0.2) is 25.8 Å². The number of carboxylic acids is 1. The van der Waals surface area contributed by atoms with Gasteiger partial charge in [0.1, 0.15) is 22.5 Å². The van der Waals surface area contributed by atoms with Gasteiger partial charge in [0.15, 0.2) is 0 Å². The number of fused-ring (bicyclic) bond motifs is 5. The van der Waals surface area contributed by atoms with E-state index in [1.165, 1.54) is 6.07 Å². The maximum absolute atomic E-state index is 12.1. The highest BCUT2D eigenvalue weighted by molar-refractivity contribution is 6.09. The van der Waals surface area contributed by atoms with Crippen LogP contribution < -0.4 is 5.63 Å². The molecule has 0 fully saturated rings. The Morgan fingerprint density at radius 2 is 1.84 bits per heavy atom. The van der Waals surface area contributed by atoms with Gasteiger partial charge in [-0.1, -0.05) is 20.8 Å². The van der Waals surface area contributed by atoms with Crippen LogP contribution in [0.1, 0.15) is 60.9 Å². The Morgan fingerprint density at radius 3 is 2.52 bits per heavy atom. The van der Waals surface area contributed by atoms with Crippen molar-refractivity contribution in [3.05, 3.63) is 45.0 Å². The van der Waals surface area contributed by atoms with E-state index in [2.05, 4.69) is 0 Å². The van der Waals surface area contributed by atoms with E-state index in [0.29, 0.717) is 11.0 Å². The zero-order valence-corrected chi connectivity index (χ0v) is 14.6. The van der Waals surface area contributed by atoms with Crippen molar-refractivity contribution in [3.63, 3.8) is 0 Å². The van der Waals surface area contributed by atoms with Gasteiger partial charge < -0.3 is 13.9 Å². The Balaban J connectivity index is 2.23. The summed E-state index contributed by atoms with van der Waals surface area (Å²) in [6.07, 6.45) is 3.95. The minimum atomic E-state index is -1.28. The first-order valence-corrected chi connectivity index (χ1v) is 8.56. The van der Waals surface area contributed by atoms with Crippen molar-refractivity contribution >= 4 is 27.9 Å². The first kappa shape index (κ1) is 15.9. The topological polar surface area (TPSA) is 80.6 Å². The van der Waals surface area contributed by atoms with Gasteiger partial charge >= 0.3 is 11.6 Å². The third kappa shape index (κ3) is 2.37. The van der Waals surface area contributed by atoms with E-state index in [1.807, 2.05) is 26.8 Å². The fourth-order valence-corrected chi connectivity index (χ4v) is 3.74. The van der Waals surface area contributed by atoms with Crippen molar-refractivity contribution in [2.45, 2.75) is 51.9 Å². The summed E-state index contributed by atoms with van der Waals surface area (Å²) in [6.45, 7) is 6.09. The van der Waals surface area contributed by atoms with Gasteiger partial charge in [-0.15, -0.1) is 0 Å². The number of carbonyl (C=O) groups is 1. The lowest BCUT2D eigenvalue weighted by Crippen LogP contribution is -2.16. The number of hydrogen-bond donors (Lipinski definition) is 1. The highest BCUT2D eigenvalue weighted by atomic mass is 16.4. The molecule has 5 heteroatoms. The first-order chi connectivity index (χ1) is 11.8. The molecule has 0 atom stereocenters. The van der Waals surface area contributed by atoms with Gasteiger partial charge in [0, 0.05) is 28.3 Å². The van der Waals surface area contributed by atoms with Crippen LogP contribution in [0, 0.1) is 0 Å². The standard InChI is InChI=1S/C20H20O5/c1-20(2,3)13-9-15-16(10-6-4-5-7-14(10)24-15)11-8-12(18(21)22)19(23)25-17(11)13/h8-9H,4-7H2,1-3H3,(H,21,22). The van der Waals surface area contributed by atoms with E-state index < -0.39 is 11.6 Å². The van der Waals surface area contributed by atoms with Crippen LogP contribution >= 0.6 is 0 Å². The lowest BCUT2D eigenvalue weighted by Gasteiger charge is -2.20. The molecule has 0 saturated heterocycles. The molecule has 0 unspecified atom stereocenters. The predicted octanol–water partition coefficient (Wildman–Crippen LogP) is 4.41. The predicted molar refractivity (Wildman–Crippen MR) is 94.6 cm³/mol. The molecular weight excluding hydrogens is 320 g/mol. The summed E-state index contributed by atoms with van der Waals surface area (Å²) >= 11 is 0. The Morgan fingerprint density at radius 1 is 1.12 bits per heavy atom. The van der Waals surface area contributed by atoms with Crippen molar-refractivity contribution in [3.8, 4) is 0 Å². The molecular formula is C20H20O5. The van der Waals surface area contributed by atoms with Crippen molar-refractivity contribution in [1.82, 2.24) is 0 Å². The monoisotopic (exact) mass is 340 g/mol. The number of hydrogen-bond acceptors (Lipinski definition) is 4. The zero-order valence-electron chi connectivity index (χ0n) is 14.6. The maximum Gasteiger partial charge on any atom is 0.351 e. The molecule has 0 bridgehead atoms. The summed E-state index contributed by atoms with van der Waals surface area (Å²) in [7, 11) is 0. The lowest BCUT2D eigenvalue weighted by molar-refractivity contribution is 0.0692. The third-order valence-electron chi connectivity index (χ3n) is 4.97. The second-order valence-electron chi connectivity index (χ2n) is 7.75. The van der Waals surface area contributed by atoms with E-state index in [4.69, 9.17) is 8.83 Å². The summed E-state index contributed by atoms with van der Waals surface area (Å²) in [5, 5.41) is 10.9. The molecule has 3 aromatic rings. The SMILES string of the molecule is CC(C)(C)c1cc2oc3c(c2c2cc(C(=O)O)c(=O)oc12)CCCC3. The van der Waals surface area contributed by atoms with Gasteiger partial charge in [-0.3, -0.25) is 0 Å². The molecule has 1 N–H and O–H groups in total. The average Bonchev–Trinajstić information content (AvgIpc) is 2.90. The van der Waals surface area contributed by atoms with Gasteiger partial charge in [-0.25, -0.2) is 9.59 Å². The number of furan rings is 1. The number of aryl methyl sites for hydroxylation is 2. The van der Waals surface area contributed by atoms with Crippen molar-refractivity contribution in [2.75, 3.05) is 0 Å². The van der Waals surface area contributed by atoms with E-state index in [-0.39, 0.29) is 11.0 Å². The summed E-state index contributed by atoms with van der Waals surface area (Å²) < 4.78 is 11.6. The zero-order chi connectivity index (χ0) is 17.9. The smallest absolute Gasteiger partial charge is 0.351 e. The molecule has 25 heavy (non-hydrogen) atoms. The highest BCUT2D eigenvalue weighted by Gasteiger charge is 2.27. The molecule has 0 saturated carbocycles. The Kier molecular flexibility index (Phi) is 3.33. The molecule has 1 aliphatic rings. The molecule has 1 aromatic carbocycles. The van der Waals surface area contributed by atoms with Gasteiger partial charge in [-0.05, 0) is 36.8 Å². The summed E-state index contributed by atoms with van der Waals surface area (Å²) in [4.78, 5) is 23.6. The normalized spacial score (nSPS) is 14.8. The van der Waals surface area contributed by atoms with Crippen molar-refractivity contribution < 1.29 is 18.7 Å². The largest absolute Gasteiger partial charge is 0.477 e. The van der Waals surface area contributed by atoms with Crippen LogP contribution in [0.3, 0.4) is 0 Å². The number of carboxylic acid groups (broad SMARTS) is 1. The van der Waals surface area contributed by atoms with Gasteiger partial charge in [-0.2, -0.15) is 0 Å². The highest BCUT2D eigenvalue weighted by Crippen LogP contribution is 2.40. The van der Waals surface area contributed by atoms with Crippen LogP contribution in [0.5, 0.6) is 0 Å². The molecule has 2 aromatic heterocycles. The first-order valence-electron chi connectivity index (χ1n) is 8.56. The quantitative estimate of drug-likeness (QED) is 0.664. The fourth-order valence-electron chi connectivity index (χ4n) is 3.74. The van der Waals surface area contributed by atoms with Crippen LogP contribution in [0.2, 0.25) is 0 Å². The van der Waals surface area contributed by atoms with Crippen LogP contribution in [-0.2, 0) is 18.3 Å². The maximum atomic E-state index is 12.1. The molecule has 2 heterocycles. The summed E-state index contributed by atoms with van der Waals surface area (Å²) in [5.41, 5.74) is 1.74. The molecule has 130 valence electrons. The number of benzene rings is 1. The van der Waals surface area contributed by atoms with Crippen LogP contribution in [0.25, 0.3) is 21.9 Å². The molecule has 0 spiro atoms. The van der Waals surface area contributed by atoms with E-state index in [0.717, 1.165) is 53.5 Å². The van der Waals surface area contributed by atoms with Gasteiger partial charge in [0.05, 0.1) is 0 Å². The van der Waals surface area contributed by atoms with Crippen LogP contribution in [-0.4, -0.2) is 11.1 Å². The molecule has 4 rings (SSSR count). The summed E-state index contributed by atoms with van der Waals surface area (Å²) in [6, 6.07) is 3.39. The molecule has 0 aliphatic heterocycles. The third-order valence-corrected chi connectivity index (χ3v) is 4.97. The fraction of sp³-hybridized carbons (Fsp3) is 0.400. The second kappa shape index (κ2) is 5.22. The van der Waals surface area contributed by atoms with Crippen LogP contribution in [0.4, 0.5) is 0 Å². The number of aromatic carboxylic acids is 1.